The lowest BCUT2D eigenvalue weighted by Crippen LogP contribution is -2.25. The van der Waals surface area contributed by atoms with Crippen molar-refractivity contribution in [2.45, 2.75) is 32.4 Å². The molecule has 1 atom stereocenters. The Labute approximate surface area is 95.2 Å². The van der Waals surface area contributed by atoms with Crippen LogP contribution in [-0.4, -0.2) is 6.04 Å². The minimum absolute atomic E-state index is 0.339. The summed E-state index contributed by atoms with van der Waals surface area (Å²) in [5, 5.41) is 3.24. The van der Waals surface area contributed by atoms with E-state index in [1.54, 1.807) is 6.07 Å². The van der Waals surface area contributed by atoms with Gasteiger partial charge < -0.3 is 5.32 Å². The third-order valence-corrected chi connectivity index (χ3v) is 2.44. The van der Waals surface area contributed by atoms with E-state index in [0.717, 1.165) is 24.5 Å². The first-order chi connectivity index (χ1) is 7.63. The van der Waals surface area contributed by atoms with E-state index in [1.807, 2.05) is 6.08 Å². The fourth-order valence-corrected chi connectivity index (χ4v) is 1.41. The van der Waals surface area contributed by atoms with Crippen LogP contribution in [0, 0.1) is 11.6 Å². The number of allylic oxidation sites excluding steroid dienone is 1. The summed E-state index contributed by atoms with van der Waals surface area (Å²) in [6.45, 7) is 6.26. The van der Waals surface area contributed by atoms with Crippen LogP contribution >= 0.6 is 0 Å². The summed E-state index contributed by atoms with van der Waals surface area (Å²) in [6.07, 6.45) is 3.81. The van der Waals surface area contributed by atoms with Crippen molar-refractivity contribution < 1.29 is 8.78 Å². The Kier molecular flexibility index (Phi) is 5.12. The first-order valence-corrected chi connectivity index (χ1v) is 5.41. The van der Waals surface area contributed by atoms with Crippen molar-refractivity contribution in [2.24, 2.45) is 0 Å². The van der Waals surface area contributed by atoms with Gasteiger partial charge in [-0.2, -0.15) is 0 Å². The van der Waals surface area contributed by atoms with Gasteiger partial charge in [-0.3, -0.25) is 0 Å². The second-order valence-corrected chi connectivity index (χ2v) is 3.90. The number of halogens is 2. The van der Waals surface area contributed by atoms with Crippen molar-refractivity contribution in [2.75, 3.05) is 0 Å². The van der Waals surface area contributed by atoms with E-state index in [9.17, 15) is 8.78 Å². The van der Waals surface area contributed by atoms with E-state index in [-0.39, 0.29) is 0 Å². The topological polar surface area (TPSA) is 12.0 Å². The number of rotatable bonds is 6. The standard InChI is InChI=1S/C13H17F2N/c1-3-4-5-10(2)16-9-11-6-7-12(14)13(15)8-11/h3,6-8,10,16H,1,4-5,9H2,2H3. The van der Waals surface area contributed by atoms with Crippen LogP contribution in [0.25, 0.3) is 0 Å². The first-order valence-electron chi connectivity index (χ1n) is 5.41. The zero-order valence-electron chi connectivity index (χ0n) is 9.47. The Hall–Kier alpha value is -1.22. The molecule has 0 amide bonds. The predicted molar refractivity (Wildman–Crippen MR) is 62.1 cm³/mol. The van der Waals surface area contributed by atoms with Crippen molar-refractivity contribution in [3.8, 4) is 0 Å². The summed E-state index contributed by atoms with van der Waals surface area (Å²) in [7, 11) is 0. The molecule has 1 rings (SSSR count). The fourth-order valence-electron chi connectivity index (χ4n) is 1.41. The van der Waals surface area contributed by atoms with Crippen molar-refractivity contribution in [1.82, 2.24) is 5.32 Å². The minimum Gasteiger partial charge on any atom is -0.310 e. The van der Waals surface area contributed by atoms with Crippen molar-refractivity contribution in [3.63, 3.8) is 0 Å². The van der Waals surface area contributed by atoms with Crippen LogP contribution in [-0.2, 0) is 6.54 Å². The molecule has 1 aromatic rings. The molecule has 1 unspecified atom stereocenters. The summed E-state index contributed by atoms with van der Waals surface area (Å²) < 4.78 is 25.5. The molecule has 3 heteroatoms. The third kappa shape index (κ3) is 4.11. The van der Waals surface area contributed by atoms with E-state index in [0.29, 0.717) is 12.6 Å². The maximum atomic E-state index is 12.9. The molecule has 0 saturated heterocycles. The monoisotopic (exact) mass is 225 g/mol. The van der Waals surface area contributed by atoms with E-state index in [4.69, 9.17) is 0 Å². The van der Waals surface area contributed by atoms with Gasteiger partial charge in [0.1, 0.15) is 0 Å². The molecule has 16 heavy (non-hydrogen) atoms. The quantitative estimate of drug-likeness (QED) is 0.731. The molecule has 1 nitrogen and oxygen atoms in total. The highest BCUT2D eigenvalue weighted by atomic mass is 19.2. The Bertz CT molecular complexity index is 350. The molecular weight excluding hydrogens is 208 g/mol. The number of hydrogen-bond acceptors (Lipinski definition) is 1. The molecule has 0 aliphatic rings. The van der Waals surface area contributed by atoms with Crippen LogP contribution < -0.4 is 5.32 Å². The van der Waals surface area contributed by atoms with Gasteiger partial charge in [0.15, 0.2) is 11.6 Å². The normalized spacial score (nSPS) is 12.4. The zero-order chi connectivity index (χ0) is 12.0. The number of nitrogens with one attached hydrogen (secondary N) is 1. The average molecular weight is 225 g/mol. The summed E-state index contributed by atoms with van der Waals surface area (Å²) in [4.78, 5) is 0. The second kappa shape index (κ2) is 6.38. The van der Waals surface area contributed by atoms with Crippen LogP contribution in [0.2, 0.25) is 0 Å². The fraction of sp³-hybridized carbons (Fsp3) is 0.385. The maximum Gasteiger partial charge on any atom is 0.159 e. The highest BCUT2D eigenvalue weighted by Gasteiger charge is 2.04. The van der Waals surface area contributed by atoms with Crippen molar-refractivity contribution in [1.29, 1.82) is 0 Å². The van der Waals surface area contributed by atoms with Crippen molar-refractivity contribution >= 4 is 0 Å². The van der Waals surface area contributed by atoms with Crippen LogP contribution in [0.5, 0.6) is 0 Å². The van der Waals surface area contributed by atoms with Crippen LogP contribution in [0.15, 0.2) is 30.9 Å². The van der Waals surface area contributed by atoms with Gasteiger partial charge in [0.05, 0.1) is 0 Å². The summed E-state index contributed by atoms with van der Waals surface area (Å²) in [6, 6.07) is 4.31. The summed E-state index contributed by atoms with van der Waals surface area (Å²) >= 11 is 0. The van der Waals surface area contributed by atoms with Crippen molar-refractivity contribution in [3.05, 3.63) is 48.1 Å². The molecule has 0 fully saturated rings. The molecule has 0 saturated carbocycles. The van der Waals surface area contributed by atoms with E-state index in [1.165, 1.54) is 6.07 Å². The lowest BCUT2D eigenvalue weighted by Gasteiger charge is -2.12. The van der Waals surface area contributed by atoms with E-state index < -0.39 is 11.6 Å². The largest absolute Gasteiger partial charge is 0.310 e. The lowest BCUT2D eigenvalue weighted by atomic mass is 10.1. The van der Waals surface area contributed by atoms with Gasteiger partial charge in [-0.1, -0.05) is 12.1 Å². The van der Waals surface area contributed by atoms with Gasteiger partial charge in [0, 0.05) is 12.6 Å². The Morgan fingerprint density at radius 2 is 2.12 bits per heavy atom. The van der Waals surface area contributed by atoms with Gasteiger partial charge in [0.25, 0.3) is 0 Å². The Morgan fingerprint density at radius 1 is 1.38 bits per heavy atom. The highest BCUT2D eigenvalue weighted by molar-refractivity contribution is 5.17. The van der Waals surface area contributed by atoms with Crippen LogP contribution in [0.4, 0.5) is 8.78 Å². The van der Waals surface area contributed by atoms with Crippen LogP contribution in [0.1, 0.15) is 25.3 Å². The van der Waals surface area contributed by atoms with Crippen LogP contribution in [0.3, 0.4) is 0 Å². The Morgan fingerprint density at radius 3 is 2.75 bits per heavy atom. The molecule has 0 heterocycles. The minimum atomic E-state index is -0.802. The third-order valence-electron chi connectivity index (χ3n) is 2.44. The van der Waals surface area contributed by atoms with Gasteiger partial charge in [-0.25, -0.2) is 8.78 Å². The van der Waals surface area contributed by atoms with Gasteiger partial charge in [0.2, 0.25) is 0 Å². The highest BCUT2D eigenvalue weighted by Crippen LogP contribution is 2.09. The molecule has 0 bridgehead atoms. The number of benzene rings is 1. The Balaban J connectivity index is 2.42. The summed E-state index contributed by atoms with van der Waals surface area (Å²) in [5.74, 6) is -1.60. The molecule has 0 aromatic heterocycles. The van der Waals surface area contributed by atoms with E-state index >= 15 is 0 Å². The summed E-state index contributed by atoms with van der Waals surface area (Å²) in [5.41, 5.74) is 0.754. The molecule has 88 valence electrons. The van der Waals surface area contributed by atoms with Gasteiger partial charge in [-0.05, 0) is 37.5 Å². The molecule has 1 N–H and O–H groups in total. The molecule has 0 aliphatic heterocycles. The van der Waals surface area contributed by atoms with Gasteiger partial charge in [-0.15, -0.1) is 6.58 Å². The van der Waals surface area contributed by atoms with E-state index in [2.05, 4.69) is 18.8 Å². The second-order valence-electron chi connectivity index (χ2n) is 3.90. The maximum absolute atomic E-state index is 12.9. The zero-order valence-corrected chi connectivity index (χ0v) is 9.47. The molecule has 0 radical (unpaired) electrons. The number of hydrogen-bond donors (Lipinski definition) is 1. The molecule has 1 aromatic carbocycles. The molecule has 0 spiro atoms. The molecule has 0 aliphatic carbocycles. The average Bonchev–Trinajstić information content (AvgIpc) is 2.28. The lowest BCUT2D eigenvalue weighted by molar-refractivity contribution is 0.497. The predicted octanol–water partition coefficient (Wildman–Crippen LogP) is 3.41. The first kappa shape index (κ1) is 12.8. The van der Waals surface area contributed by atoms with Gasteiger partial charge >= 0.3 is 0 Å². The smallest absolute Gasteiger partial charge is 0.159 e. The SMILES string of the molecule is C=CCCC(C)NCc1ccc(F)c(F)c1. The molecular formula is C13H17F2N.